The van der Waals surface area contributed by atoms with Crippen LogP contribution in [0.3, 0.4) is 0 Å². The van der Waals surface area contributed by atoms with Gasteiger partial charge < -0.3 is 0 Å². The van der Waals surface area contributed by atoms with Crippen LogP contribution in [0.5, 0.6) is 0 Å². The van der Waals surface area contributed by atoms with Gasteiger partial charge in [-0.3, -0.25) is 14.1 Å². The van der Waals surface area contributed by atoms with E-state index in [1.54, 1.807) is 10.6 Å². The Kier molecular flexibility index (Phi) is 6.44. The molecule has 1 aromatic heterocycles. The van der Waals surface area contributed by atoms with Gasteiger partial charge in [0, 0.05) is 25.3 Å². The molecule has 0 unspecified atom stereocenters. The number of nitrogens with zero attached hydrogens (tertiary/aromatic N) is 2. The normalized spacial score (nSPS) is 15.8. The molecule has 0 saturated carbocycles. The summed E-state index contributed by atoms with van der Waals surface area (Å²) in [5, 5.41) is 0. The number of hydrogen-bond acceptors (Lipinski definition) is 6. The Morgan fingerprint density at radius 2 is 1.59 bits per heavy atom. The van der Waals surface area contributed by atoms with Gasteiger partial charge in [0.15, 0.2) is 0 Å². The molecule has 0 amide bonds. The summed E-state index contributed by atoms with van der Waals surface area (Å²) in [5.41, 5.74) is 0.979. The molecule has 0 radical (unpaired) electrons. The molecule has 2 aromatic carbocycles. The van der Waals surface area contributed by atoms with Crippen LogP contribution in [-0.4, -0.2) is 38.8 Å². The molecule has 1 saturated heterocycles. The van der Waals surface area contributed by atoms with E-state index in [0.717, 1.165) is 37.0 Å². The molecule has 32 heavy (non-hydrogen) atoms. The molecule has 0 aliphatic carbocycles. The lowest BCUT2D eigenvalue weighted by molar-refractivity contribution is 0.346. The summed E-state index contributed by atoms with van der Waals surface area (Å²) in [5.74, 6) is 0. The number of hydrogen-bond donors (Lipinski definition) is 1. The van der Waals surface area contributed by atoms with Crippen molar-refractivity contribution in [1.29, 1.82) is 0 Å². The monoisotopic (exact) mass is 495 g/mol. The molecule has 1 N–H and O–H groups in total. The first-order valence-corrected chi connectivity index (χ1v) is 14.2. The van der Waals surface area contributed by atoms with Crippen LogP contribution in [0, 0.1) is 0 Å². The maximum absolute atomic E-state index is 12.9. The predicted octanol–water partition coefficient (Wildman–Crippen LogP) is 3.45. The van der Waals surface area contributed by atoms with Crippen LogP contribution in [0.15, 0.2) is 57.1 Å². The van der Waals surface area contributed by atoms with Gasteiger partial charge in [0.05, 0.1) is 20.0 Å². The van der Waals surface area contributed by atoms with Crippen molar-refractivity contribution in [3.05, 3.63) is 52.1 Å². The van der Waals surface area contributed by atoms with Gasteiger partial charge in [-0.2, -0.15) is 4.31 Å². The zero-order valence-corrected chi connectivity index (χ0v) is 20.1. The Bertz CT molecular complexity index is 1380. The molecular formula is C21H25N3O5S3. The van der Waals surface area contributed by atoms with Gasteiger partial charge >= 0.3 is 4.87 Å². The molecule has 8 nitrogen and oxygen atoms in total. The topological polar surface area (TPSA) is 106 Å². The van der Waals surface area contributed by atoms with Crippen LogP contribution in [0.25, 0.3) is 10.2 Å². The highest BCUT2D eigenvalue weighted by molar-refractivity contribution is 7.92. The highest BCUT2D eigenvalue weighted by Crippen LogP contribution is 2.25. The van der Waals surface area contributed by atoms with E-state index in [2.05, 4.69) is 4.72 Å². The minimum atomic E-state index is -3.90. The second-order valence-electron chi connectivity index (χ2n) is 7.74. The van der Waals surface area contributed by atoms with Gasteiger partial charge in [0.25, 0.3) is 10.0 Å². The number of anilines is 1. The number of thiazole rings is 1. The van der Waals surface area contributed by atoms with Crippen molar-refractivity contribution in [1.82, 2.24) is 8.87 Å². The highest BCUT2D eigenvalue weighted by Gasteiger charge is 2.26. The van der Waals surface area contributed by atoms with Crippen LogP contribution in [0.4, 0.5) is 5.69 Å². The van der Waals surface area contributed by atoms with Crippen LogP contribution in [-0.2, 0) is 26.6 Å². The molecule has 3 aromatic rings. The summed E-state index contributed by atoms with van der Waals surface area (Å²) in [4.78, 5) is 12.2. The molecule has 0 spiro atoms. The van der Waals surface area contributed by atoms with E-state index in [4.69, 9.17) is 0 Å². The van der Waals surface area contributed by atoms with E-state index in [-0.39, 0.29) is 20.4 Å². The average molecular weight is 496 g/mol. The standard InChI is InChI=1S/C21H25N3O5S3/c1-2-12-24-19-11-10-18(15-20(19)30-21(24)25)31(26,27)22-16-6-8-17(9-7-16)32(28,29)23-13-4-3-5-14-23/h6-11,15,22H,2-5,12-14H2,1H3. The smallest absolute Gasteiger partial charge is 0.299 e. The lowest BCUT2D eigenvalue weighted by Crippen LogP contribution is -2.35. The molecule has 4 rings (SSSR count). The fourth-order valence-corrected chi connectivity index (χ4v) is 7.45. The number of rotatable bonds is 7. The largest absolute Gasteiger partial charge is 0.308 e. The quantitative estimate of drug-likeness (QED) is 0.540. The van der Waals surface area contributed by atoms with Crippen molar-refractivity contribution in [2.75, 3.05) is 17.8 Å². The van der Waals surface area contributed by atoms with Gasteiger partial charge in [-0.05, 0) is 61.7 Å². The zero-order chi connectivity index (χ0) is 22.9. The SMILES string of the molecule is CCCn1c(=O)sc2cc(S(=O)(=O)Nc3ccc(S(=O)(=O)N4CCCCC4)cc3)ccc21. The lowest BCUT2D eigenvalue weighted by atomic mass is 10.2. The molecule has 2 heterocycles. The van der Waals surface area contributed by atoms with E-state index >= 15 is 0 Å². The summed E-state index contributed by atoms with van der Waals surface area (Å²) in [6.45, 7) is 3.56. The van der Waals surface area contributed by atoms with Gasteiger partial charge in [-0.1, -0.05) is 24.7 Å². The Hall–Kier alpha value is -2.21. The highest BCUT2D eigenvalue weighted by atomic mass is 32.2. The molecule has 172 valence electrons. The van der Waals surface area contributed by atoms with Crippen molar-refractivity contribution >= 4 is 47.3 Å². The van der Waals surface area contributed by atoms with E-state index in [0.29, 0.717) is 29.9 Å². The van der Waals surface area contributed by atoms with Crippen molar-refractivity contribution in [3.63, 3.8) is 0 Å². The predicted molar refractivity (Wildman–Crippen MR) is 126 cm³/mol. The van der Waals surface area contributed by atoms with E-state index in [1.807, 2.05) is 6.92 Å². The first-order chi connectivity index (χ1) is 15.2. The molecule has 0 bridgehead atoms. The number of aryl methyl sites for hydroxylation is 1. The van der Waals surface area contributed by atoms with Crippen molar-refractivity contribution in [2.45, 2.75) is 48.9 Å². The molecule has 1 fully saturated rings. The summed E-state index contributed by atoms with van der Waals surface area (Å²) < 4.78 is 57.5. The first kappa shape index (κ1) is 23.0. The Morgan fingerprint density at radius 3 is 2.25 bits per heavy atom. The van der Waals surface area contributed by atoms with Gasteiger partial charge in [0.1, 0.15) is 0 Å². The van der Waals surface area contributed by atoms with E-state index in [9.17, 15) is 21.6 Å². The summed E-state index contributed by atoms with van der Waals surface area (Å²) in [7, 11) is -7.48. The van der Waals surface area contributed by atoms with Crippen molar-refractivity contribution in [3.8, 4) is 0 Å². The minimum absolute atomic E-state index is 0.0416. The maximum Gasteiger partial charge on any atom is 0.308 e. The Labute approximate surface area is 191 Å². The van der Waals surface area contributed by atoms with Crippen LogP contribution < -0.4 is 9.60 Å². The summed E-state index contributed by atoms with van der Waals surface area (Å²) in [6.07, 6.45) is 3.52. The molecule has 0 atom stereocenters. The third-order valence-electron chi connectivity index (χ3n) is 5.46. The van der Waals surface area contributed by atoms with Crippen LogP contribution >= 0.6 is 11.3 Å². The number of piperidine rings is 1. The Balaban J connectivity index is 1.56. The number of fused-ring (bicyclic) bond motifs is 1. The van der Waals surface area contributed by atoms with E-state index in [1.165, 1.54) is 40.7 Å². The van der Waals surface area contributed by atoms with Gasteiger partial charge in [0.2, 0.25) is 10.0 Å². The molecule has 11 heteroatoms. The Morgan fingerprint density at radius 1 is 0.938 bits per heavy atom. The van der Waals surface area contributed by atoms with Crippen LogP contribution in [0.2, 0.25) is 0 Å². The first-order valence-electron chi connectivity index (χ1n) is 10.5. The molecule has 1 aliphatic rings. The second-order valence-corrected chi connectivity index (χ2v) is 12.4. The maximum atomic E-state index is 12.9. The zero-order valence-electron chi connectivity index (χ0n) is 17.7. The fourth-order valence-electron chi connectivity index (χ4n) is 3.81. The number of sulfonamides is 2. The molecule has 1 aliphatic heterocycles. The van der Waals surface area contributed by atoms with E-state index < -0.39 is 20.0 Å². The number of aromatic nitrogens is 1. The summed E-state index contributed by atoms with van der Waals surface area (Å²) >= 11 is 1.02. The summed E-state index contributed by atoms with van der Waals surface area (Å²) in [6, 6.07) is 10.3. The average Bonchev–Trinajstić information content (AvgIpc) is 3.09. The lowest BCUT2D eigenvalue weighted by Gasteiger charge is -2.25. The van der Waals surface area contributed by atoms with Crippen molar-refractivity contribution < 1.29 is 16.8 Å². The number of benzene rings is 2. The van der Waals surface area contributed by atoms with Gasteiger partial charge in [-0.15, -0.1) is 0 Å². The second kappa shape index (κ2) is 8.97. The van der Waals surface area contributed by atoms with Crippen LogP contribution in [0.1, 0.15) is 32.6 Å². The minimum Gasteiger partial charge on any atom is -0.299 e. The molecular weight excluding hydrogens is 470 g/mol. The van der Waals surface area contributed by atoms with Crippen molar-refractivity contribution in [2.24, 2.45) is 0 Å². The number of nitrogens with one attached hydrogen (secondary N) is 1. The fraction of sp³-hybridized carbons (Fsp3) is 0.381. The van der Waals surface area contributed by atoms with Gasteiger partial charge in [-0.25, -0.2) is 16.8 Å². The third-order valence-corrected chi connectivity index (χ3v) is 9.69. The third kappa shape index (κ3) is 4.47.